The van der Waals surface area contributed by atoms with Gasteiger partial charge < -0.3 is 19.8 Å². The van der Waals surface area contributed by atoms with Gasteiger partial charge in [0.1, 0.15) is 5.58 Å². The molecule has 2 N–H and O–H groups in total. The molecule has 2 aromatic rings. The van der Waals surface area contributed by atoms with Crippen molar-refractivity contribution >= 4 is 33.9 Å². The van der Waals surface area contributed by atoms with Gasteiger partial charge in [-0.05, 0) is 30.2 Å². The van der Waals surface area contributed by atoms with Crippen molar-refractivity contribution in [3.63, 3.8) is 0 Å². The van der Waals surface area contributed by atoms with Gasteiger partial charge in [0.2, 0.25) is 5.91 Å². The average molecular weight is 328 g/mol. The molecule has 1 aromatic carbocycles. The van der Waals surface area contributed by atoms with Crippen LogP contribution in [0, 0.1) is 0 Å². The summed E-state index contributed by atoms with van der Waals surface area (Å²) in [6.45, 7) is 5.66. The Labute approximate surface area is 139 Å². The van der Waals surface area contributed by atoms with Gasteiger partial charge in [-0.3, -0.25) is 9.59 Å². The van der Waals surface area contributed by atoms with Crippen molar-refractivity contribution in [3.8, 4) is 0 Å². The van der Waals surface area contributed by atoms with Gasteiger partial charge in [-0.15, -0.1) is 0 Å². The number of carbonyl (C=O) groups excluding carboxylic acids is 2. The Hall–Kier alpha value is -2.60. The first kappa shape index (κ1) is 16.3. The molecule has 6 nitrogen and oxygen atoms in total. The smallest absolute Gasteiger partial charge is 0.246 e. The van der Waals surface area contributed by atoms with Crippen LogP contribution < -0.4 is 5.73 Å². The fourth-order valence-corrected chi connectivity index (χ4v) is 2.77. The van der Waals surface area contributed by atoms with Crippen LogP contribution in [0.3, 0.4) is 0 Å². The molecule has 1 amide bonds. The van der Waals surface area contributed by atoms with Gasteiger partial charge in [-0.2, -0.15) is 0 Å². The zero-order valence-corrected chi connectivity index (χ0v) is 13.8. The molecule has 6 heteroatoms. The van der Waals surface area contributed by atoms with E-state index in [1.54, 1.807) is 17.0 Å². The summed E-state index contributed by atoms with van der Waals surface area (Å²) in [7, 11) is 0. The van der Waals surface area contributed by atoms with Gasteiger partial charge in [0.25, 0.3) is 0 Å². The van der Waals surface area contributed by atoms with E-state index in [9.17, 15) is 9.59 Å². The molecule has 0 unspecified atom stereocenters. The van der Waals surface area contributed by atoms with Gasteiger partial charge in [0, 0.05) is 31.5 Å². The van der Waals surface area contributed by atoms with Crippen LogP contribution in [0.15, 0.2) is 28.7 Å². The Morgan fingerprint density at radius 1 is 1.21 bits per heavy atom. The Morgan fingerprint density at radius 2 is 1.92 bits per heavy atom. The van der Waals surface area contributed by atoms with Gasteiger partial charge in [-0.25, -0.2) is 0 Å². The quantitative estimate of drug-likeness (QED) is 0.691. The molecule has 0 radical (unpaired) electrons. The molecule has 1 aliphatic rings. The van der Waals surface area contributed by atoms with E-state index in [0.717, 1.165) is 11.1 Å². The maximum Gasteiger partial charge on any atom is 0.246 e. The fourth-order valence-electron chi connectivity index (χ4n) is 2.77. The molecule has 1 aromatic heterocycles. The molecule has 1 saturated heterocycles. The highest BCUT2D eigenvalue weighted by molar-refractivity contribution is 6.06. The van der Waals surface area contributed by atoms with E-state index in [4.69, 9.17) is 14.9 Å². The summed E-state index contributed by atoms with van der Waals surface area (Å²) in [6, 6.07) is 5.47. The number of amides is 1. The topological polar surface area (TPSA) is 85.8 Å². The van der Waals surface area contributed by atoms with Crippen molar-refractivity contribution in [1.29, 1.82) is 0 Å². The third-order valence-corrected chi connectivity index (χ3v) is 4.16. The van der Waals surface area contributed by atoms with Crippen LogP contribution in [-0.4, -0.2) is 42.9 Å². The third kappa shape index (κ3) is 3.05. The number of ketones is 1. The Kier molecular flexibility index (Phi) is 4.40. The molecule has 2 heterocycles. The molecule has 0 atom stereocenters. The number of allylic oxidation sites excluding steroid dienone is 1. The second-order valence-corrected chi connectivity index (χ2v) is 5.88. The molecule has 0 saturated carbocycles. The predicted octanol–water partition coefficient (Wildman–Crippen LogP) is 2.48. The molecule has 126 valence electrons. The molecule has 1 aliphatic heterocycles. The lowest BCUT2D eigenvalue weighted by molar-refractivity contribution is -0.129. The number of nitrogen functional groups attached to an aromatic ring is 1. The standard InChI is InChI=1S/C18H20N2O4/c1-11(9-16(22)20-5-7-23-8-6-20)13-3-4-15-14(10-13)17(19)18(24-15)12(2)21/h3-4,9-10H,5-8,19H2,1-2H3/b11-9+. The number of Topliss-reactive ketones (excluding diaryl/α,β-unsaturated/α-hetero) is 1. The Bertz CT molecular complexity index is 829. The first-order chi connectivity index (χ1) is 11.5. The van der Waals surface area contributed by atoms with Crippen LogP contribution in [0.25, 0.3) is 16.5 Å². The summed E-state index contributed by atoms with van der Waals surface area (Å²) in [5.74, 6) is -0.0614. The number of ether oxygens (including phenoxy) is 1. The summed E-state index contributed by atoms with van der Waals surface area (Å²) >= 11 is 0. The summed E-state index contributed by atoms with van der Waals surface area (Å²) in [4.78, 5) is 25.6. The molecule has 3 rings (SSSR count). The minimum Gasteiger partial charge on any atom is -0.451 e. The number of anilines is 1. The van der Waals surface area contributed by atoms with Crippen LogP contribution in [0.2, 0.25) is 0 Å². The lowest BCUT2D eigenvalue weighted by atomic mass is 10.0. The molecule has 0 aliphatic carbocycles. The fraction of sp³-hybridized carbons (Fsp3) is 0.333. The van der Waals surface area contributed by atoms with Crippen LogP contribution in [0.4, 0.5) is 5.69 Å². The van der Waals surface area contributed by atoms with Crippen molar-refractivity contribution in [2.24, 2.45) is 0 Å². The first-order valence-corrected chi connectivity index (χ1v) is 7.85. The summed E-state index contributed by atoms with van der Waals surface area (Å²) in [5.41, 5.74) is 8.61. The second kappa shape index (κ2) is 6.49. The lowest BCUT2D eigenvalue weighted by Crippen LogP contribution is -2.39. The number of fused-ring (bicyclic) bond motifs is 1. The SMILES string of the molecule is CC(=O)c1oc2ccc(/C(C)=C/C(=O)N3CCOCC3)cc2c1N. The predicted molar refractivity (Wildman–Crippen MR) is 91.7 cm³/mol. The molecule has 0 spiro atoms. The molecular formula is C18H20N2O4. The minimum atomic E-state index is -0.208. The van der Waals surface area contributed by atoms with Gasteiger partial charge in [0.15, 0.2) is 11.5 Å². The lowest BCUT2D eigenvalue weighted by Gasteiger charge is -2.25. The number of benzene rings is 1. The number of furan rings is 1. The van der Waals surface area contributed by atoms with Gasteiger partial charge in [-0.1, -0.05) is 6.07 Å². The number of morpholine rings is 1. The van der Waals surface area contributed by atoms with E-state index in [0.29, 0.717) is 43.0 Å². The number of nitrogens with two attached hydrogens (primary N) is 1. The number of hydrogen-bond donors (Lipinski definition) is 1. The summed E-state index contributed by atoms with van der Waals surface area (Å²) < 4.78 is 10.7. The monoisotopic (exact) mass is 328 g/mol. The third-order valence-electron chi connectivity index (χ3n) is 4.16. The van der Waals surface area contributed by atoms with E-state index in [1.165, 1.54) is 6.92 Å². The van der Waals surface area contributed by atoms with Gasteiger partial charge in [0.05, 0.1) is 18.9 Å². The van der Waals surface area contributed by atoms with E-state index >= 15 is 0 Å². The summed E-state index contributed by atoms with van der Waals surface area (Å²) in [6.07, 6.45) is 1.62. The van der Waals surface area contributed by atoms with Crippen molar-refractivity contribution in [1.82, 2.24) is 4.90 Å². The number of rotatable bonds is 3. The highest BCUT2D eigenvalue weighted by atomic mass is 16.5. The molecule has 0 bridgehead atoms. The Morgan fingerprint density at radius 3 is 2.58 bits per heavy atom. The molecule has 1 fully saturated rings. The van der Waals surface area contributed by atoms with E-state index < -0.39 is 0 Å². The Balaban J connectivity index is 1.90. The normalized spacial score (nSPS) is 15.8. The number of hydrogen-bond acceptors (Lipinski definition) is 5. The average Bonchev–Trinajstić information content (AvgIpc) is 2.92. The first-order valence-electron chi connectivity index (χ1n) is 7.85. The van der Waals surface area contributed by atoms with Crippen molar-refractivity contribution in [2.75, 3.05) is 32.0 Å². The van der Waals surface area contributed by atoms with Crippen molar-refractivity contribution < 1.29 is 18.7 Å². The minimum absolute atomic E-state index is 0.0273. The molecule has 24 heavy (non-hydrogen) atoms. The van der Waals surface area contributed by atoms with Crippen LogP contribution in [0.5, 0.6) is 0 Å². The number of carbonyl (C=O) groups is 2. The maximum absolute atomic E-state index is 12.3. The van der Waals surface area contributed by atoms with Crippen LogP contribution in [-0.2, 0) is 9.53 Å². The van der Waals surface area contributed by atoms with Crippen molar-refractivity contribution in [3.05, 3.63) is 35.6 Å². The second-order valence-electron chi connectivity index (χ2n) is 5.88. The van der Waals surface area contributed by atoms with Crippen molar-refractivity contribution in [2.45, 2.75) is 13.8 Å². The van der Waals surface area contributed by atoms with E-state index in [-0.39, 0.29) is 17.5 Å². The highest BCUT2D eigenvalue weighted by Crippen LogP contribution is 2.31. The van der Waals surface area contributed by atoms with Gasteiger partial charge >= 0.3 is 0 Å². The van der Waals surface area contributed by atoms with Crippen LogP contribution in [0.1, 0.15) is 30.0 Å². The number of nitrogens with zero attached hydrogens (tertiary/aromatic N) is 1. The zero-order chi connectivity index (χ0) is 17.3. The highest BCUT2D eigenvalue weighted by Gasteiger charge is 2.17. The van der Waals surface area contributed by atoms with E-state index in [2.05, 4.69) is 0 Å². The largest absolute Gasteiger partial charge is 0.451 e. The maximum atomic E-state index is 12.3. The molecular weight excluding hydrogens is 308 g/mol. The summed E-state index contributed by atoms with van der Waals surface area (Å²) in [5, 5.41) is 0.685. The van der Waals surface area contributed by atoms with E-state index in [1.807, 2.05) is 19.1 Å². The zero-order valence-electron chi connectivity index (χ0n) is 13.8. The van der Waals surface area contributed by atoms with Crippen LogP contribution >= 0.6 is 0 Å².